The van der Waals surface area contributed by atoms with Crippen LogP contribution in [0.3, 0.4) is 0 Å². The highest BCUT2D eigenvalue weighted by Gasteiger charge is 2.49. The fourth-order valence-electron chi connectivity index (χ4n) is 4.31. The molecule has 4 atom stereocenters. The van der Waals surface area contributed by atoms with Crippen LogP contribution in [0.25, 0.3) is 6.08 Å². The lowest BCUT2D eigenvalue weighted by molar-refractivity contribution is -0.150. The van der Waals surface area contributed by atoms with Gasteiger partial charge in [0, 0.05) is 18.0 Å². The van der Waals surface area contributed by atoms with E-state index in [0.717, 1.165) is 12.8 Å². The van der Waals surface area contributed by atoms with Gasteiger partial charge in [-0.05, 0) is 44.4 Å². The van der Waals surface area contributed by atoms with Gasteiger partial charge in [-0.3, -0.25) is 9.69 Å². The quantitative estimate of drug-likeness (QED) is 0.801. The molecule has 0 aliphatic carbocycles. The van der Waals surface area contributed by atoms with Gasteiger partial charge in [-0.15, -0.1) is 0 Å². The Hall–Kier alpha value is -1.61. The average Bonchev–Trinajstić information content (AvgIpc) is 2.77. The molecule has 0 radical (unpaired) electrons. The second-order valence-corrected chi connectivity index (χ2v) is 6.52. The Bertz CT molecular complexity index is 563. The lowest BCUT2D eigenvalue weighted by Gasteiger charge is -2.41. The zero-order valence-electron chi connectivity index (χ0n) is 13.7. The van der Waals surface area contributed by atoms with Crippen LogP contribution in [0.2, 0.25) is 0 Å². The summed E-state index contributed by atoms with van der Waals surface area (Å²) in [6.45, 7) is 2.02. The minimum Gasteiger partial charge on any atom is -0.469 e. The third kappa shape index (κ3) is 2.58. The molecule has 2 aliphatic heterocycles. The number of methoxy groups -OCH3 is 1. The number of fused-ring (bicyclic) bond motifs is 2. The SMILES string of the molecule is C/C=C\c1ccc([C@H]2C[C@@H]3CC[C@H]([C@H]2C(=O)OC)N3C)cc1. The molecule has 0 amide bonds. The third-order valence-corrected chi connectivity index (χ3v) is 5.47. The number of rotatable bonds is 3. The summed E-state index contributed by atoms with van der Waals surface area (Å²) in [5.41, 5.74) is 2.48. The molecule has 0 aromatic heterocycles. The molecule has 22 heavy (non-hydrogen) atoms. The number of allylic oxidation sites excluding steroid dienone is 1. The molecule has 2 heterocycles. The van der Waals surface area contributed by atoms with E-state index in [-0.39, 0.29) is 17.8 Å². The van der Waals surface area contributed by atoms with Gasteiger partial charge in [-0.1, -0.05) is 36.4 Å². The summed E-state index contributed by atoms with van der Waals surface area (Å²) < 4.78 is 5.13. The number of carbonyl (C=O) groups is 1. The van der Waals surface area contributed by atoms with Crippen LogP contribution in [-0.2, 0) is 9.53 Å². The highest BCUT2D eigenvalue weighted by molar-refractivity contribution is 5.75. The highest BCUT2D eigenvalue weighted by atomic mass is 16.5. The van der Waals surface area contributed by atoms with Crippen LogP contribution in [0.4, 0.5) is 0 Å². The molecule has 3 heteroatoms. The minimum atomic E-state index is -0.0558. The van der Waals surface area contributed by atoms with Crippen LogP contribution in [0.5, 0.6) is 0 Å². The first-order valence-electron chi connectivity index (χ1n) is 8.18. The summed E-state index contributed by atoms with van der Waals surface area (Å²) in [6, 6.07) is 9.58. The Labute approximate surface area is 133 Å². The molecule has 0 saturated carbocycles. The first-order chi connectivity index (χ1) is 10.7. The summed E-state index contributed by atoms with van der Waals surface area (Å²) in [5.74, 6) is 0.182. The van der Waals surface area contributed by atoms with Gasteiger partial charge in [0.25, 0.3) is 0 Å². The molecule has 3 rings (SSSR count). The van der Waals surface area contributed by atoms with Crippen molar-refractivity contribution in [2.24, 2.45) is 5.92 Å². The third-order valence-electron chi connectivity index (χ3n) is 5.47. The van der Waals surface area contributed by atoms with Crippen LogP contribution < -0.4 is 0 Å². The normalized spacial score (nSPS) is 31.6. The molecule has 2 aliphatic rings. The summed E-state index contributed by atoms with van der Waals surface area (Å²) in [6.07, 6.45) is 7.49. The van der Waals surface area contributed by atoms with Gasteiger partial charge in [0.05, 0.1) is 13.0 Å². The summed E-state index contributed by atoms with van der Waals surface area (Å²) >= 11 is 0. The van der Waals surface area contributed by atoms with E-state index in [9.17, 15) is 4.79 Å². The predicted molar refractivity (Wildman–Crippen MR) is 88.6 cm³/mol. The van der Waals surface area contributed by atoms with Crippen LogP contribution in [-0.4, -0.2) is 37.1 Å². The van der Waals surface area contributed by atoms with Crippen LogP contribution >= 0.6 is 0 Å². The Morgan fingerprint density at radius 2 is 2.00 bits per heavy atom. The summed E-state index contributed by atoms with van der Waals surface area (Å²) in [7, 11) is 3.67. The second-order valence-electron chi connectivity index (χ2n) is 6.52. The lowest BCUT2D eigenvalue weighted by Crippen LogP contribution is -2.49. The molecule has 3 nitrogen and oxygen atoms in total. The molecule has 1 aromatic carbocycles. The number of nitrogens with zero attached hydrogens (tertiary/aromatic N) is 1. The van der Waals surface area contributed by atoms with Crippen molar-refractivity contribution in [2.45, 2.75) is 44.2 Å². The largest absolute Gasteiger partial charge is 0.469 e. The monoisotopic (exact) mass is 299 g/mol. The second kappa shape index (κ2) is 6.25. The Balaban J connectivity index is 1.91. The smallest absolute Gasteiger partial charge is 0.310 e. The zero-order chi connectivity index (χ0) is 15.7. The minimum absolute atomic E-state index is 0.0404. The van der Waals surface area contributed by atoms with Gasteiger partial charge < -0.3 is 4.74 Å². The van der Waals surface area contributed by atoms with E-state index < -0.39 is 0 Å². The van der Waals surface area contributed by atoms with E-state index in [2.05, 4.69) is 42.3 Å². The summed E-state index contributed by atoms with van der Waals surface area (Å²) in [5, 5.41) is 0. The molecule has 0 unspecified atom stereocenters. The van der Waals surface area contributed by atoms with E-state index in [1.807, 2.05) is 13.0 Å². The zero-order valence-corrected chi connectivity index (χ0v) is 13.7. The van der Waals surface area contributed by atoms with E-state index in [1.54, 1.807) is 0 Å². The van der Waals surface area contributed by atoms with Crippen molar-refractivity contribution in [1.82, 2.24) is 4.90 Å². The van der Waals surface area contributed by atoms with Crippen molar-refractivity contribution in [2.75, 3.05) is 14.2 Å². The van der Waals surface area contributed by atoms with Gasteiger partial charge in [-0.25, -0.2) is 0 Å². The van der Waals surface area contributed by atoms with E-state index in [4.69, 9.17) is 4.74 Å². The average molecular weight is 299 g/mol. The Morgan fingerprint density at radius 3 is 2.64 bits per heavy atom. The van der Waals surface area contributed by atoms with Crippen molar-refractivity contribution in [3.8, 4) is 0 Å². The van der Waals surface area contributed by atoms with Crippen molar-refractivity contribution < 1.29 is 9.53 Å². The maximum Gasteiger partial charge on any atom is 0.310 e. The molecular formula is C19H25NO2. The standard InChI is InChI=1S/C19H25NO2/c1-4-5-13-6-8-14(9-7-13)16-12-15-10-11-17(20(15)2)18(16)19(21)22-3/h4-9,15-18H,10-12H2,1-3H3/b5-4-/t15-,16+,17+,18-/m0/s1. The van der Waals surface area contributed by atoms with Crippen LogP contribution in [0.1, 0.15) is 43.2 Å². The number of ether oxygens (including phenoxy) is 1. The van der Waals surface area contributed by atoms with Crippen LogP contribution in [0.15, 0.2) is 30.3 Å². The van der Waals surface area contributed by atoms with E-state index in [1.165, 1.54) is 24.7 Å². The molecular weight excluding hydrogens is 274 g/mol. The van der Waals surface area contributed by atoms with E-state index in [0.29, 0.717) is 12.1 Å². The number of esters is 1. The first-order valence-corrected chi connectivity index (χ1v) is 8.18. The van der Waals surface area contributed by atoms with Crippen molar-refractivity contribution in [3.05, 3.63) is 41.5 Å². The molecule has 2 saturated heterocycles. The maximum atomic E-state index is 12.4. The number of benzene rings is 1. The number of carbonyl (C=O) groups excluding carboxylic acids is 1. The van der Waals surface area contributed by atoms with Crippen molar-refractivity contribution >= 4 is 12.0 Å². The van der Waals surface area contributed by atoms with Crippen molar-refractivity contribution in [3.63, 3.8) is 0 Å². The molecule has 1 aromatic rings. The van der Waals surface area contributed by atoms with Gasteiger partial charge in [0.1, 0.15) is 0 Å². The highest BCUT2D eigenvalue weighted by Crippen LogP contribution is 2.46. The molecule has 0 N–H and O–H groups in total. The molecule has 2 bridgehead atoms. The molecule has 2 fully saturated rings. The molecule has 118 valence electrons. The van der Waals surface area contributed by atoms with E-state index >= 15 is 0 Å². The predicted octanol–water partition coefficient (Wildman–Crippen LogP) is 3.46. The Morgan fingerprint density at radius 1 is 1.27 bits per heavy atom. The first kappa shape index (κ1) is 15.3. The number of hydrogen-bond donors (Lipinski definition) is 0. The maximum absolute atomic E-state index is 12.4. The van der Waals surface area contributed by atoms with Crippen LogP contribution in [0, 0.1) is 5.92 Å². The number of hydrogen-bond acceptors (Lipinski definition) is 3. The van der Waals surface area contributed by atoms with Gasteiger partial charge in [0.2, 0.25) is 0 Å². The fraction of sp³-hybridized carbons (Fsp3) is 0.526. The van der Waals surface area contributed by atoms with Gasteiger partial charge in [0.15, 0.2) is 0 Å². The van der Waals surface area contributed by atoms with Gasteiger partial charge >= 0.3 is 5.97 Å². The van der Waals surface area contributed by atoms with Crippen molar-refractivity contribution in [1.29, 1.82) is 0 Å². The number of piperidine rings is 1. The lowest BCUT2D eigenvalue weighted by atomic mass is 9.76. The summed E-state index contributed by atoms with van der Waals surface area (Å²) in [4.78, 5) is 14.8. The topological polar surface area (TPSA) is 29.5 Å². The van der Waals surface area contributed by atoms with Gasteiger partial charge in [-0.2, -0.15) is 0 Å². The Kier molecular flexibility index (Phi) is 4.34. The fourth-order valence-corrected chi connectivity index (χ4v) is 4.31. The molecule has 0 spiro atoms.